The average molecular weight is 361 g/mol. The van der Waals surface area contributed by atoms with Crippen molar-refractivity contribution >= 4 is 17.7 Å². The number of nitrogens with zero attached hydrogens (tertiary/aromatic N) is 1. The molecule has 2 aromatic rings. The maximum Gasteiger partial charge on any atom is 0.251 e. The van der Waals surface area contributed by atoms with Crippen molar-refractivity contribution in [3.8, 4) is 5.75 Å². The van der Waals surface area contributed by atoms with Crippen LogP contribution in [0, 0.1) is 0 Å². The van der Waals surface area contributed by atoms with Gasteiger partial charge in [-0.15, -0.1) is 0 Å². The molecule has 0 saturated heterocycles. The zero-order chi connectivity index (χ0) is 18.2. The van der Waals surface area contributed by atoms with E-state index < -0.39 is 0 Å². The second kappa shape index (κ2) is 9.27. The number of methoxy groups -OCH3 is 1. The van der Waals surface area contributed by atoms with E-state index >= 15 is 0 Å². The Morgan fingerprint density at radius 2 is 2.08 bits per heavy atom. The van der Waals surface area contributed by atoms with E-state index in [-0.39, 0.29) is 16.7 Å². The lowest BCUT2D eigenvalue weighted by Crippen LogP contribution is -2.30. The summed E-state index contributed by atoms with van der Waals surface area (Å²) in [6.07, 6.45) is 1.66. The summed E-state index contributed by atoms with van der Waals surface area (Å²) < 4.78 is 5.11. The van der Waals surface area contributed by atoms with Crippen LogP contribution in [0.1, 0.15) is 31.5 Å². The maximum absolute atomic E-state index is 12.3. The van der Waals surface area contributed by atoms with Crippen LogP contribution in [0.5, 0.6) is 5.75 Å². The number of ether oxygens (including phenoxy) is 1. The predicted octanol–water partition coefficient (Wildman–Crippen LogP) is 2.53. The molecule has 25 heavy (non-hydrogen) atoms. The highest BCUT2D eigenvalue weighted by Gasteiger charge is 2.16. The first-order valence-electron chi connectivity index (χ1n) is 8.19. The first-order valence-corrected chi connectivity index (χ1v) is 9.07. The molecule has 6 nitrogen and oxygen atoms in total. The van der Waals surface area contributed by atoms with Crippen molar-refractivity contribution in [3.63, 3.8) is 0 Å². The van der Waals surface area contributed by atoms with Crippen molar-refractivity contribution in [1.29, 1.82) is 0 Å². The first-order chi connectivity index (χ1) is 12.0. The molecule has 0 saturated carbocycles. The molecule has 7 heteroatoms. The van der Waals surface area contributed by atoms with Crippen molar-refractivity contribution in [2.75, 3.05) is 7.11 Å². The normalized spacial score (nSPS) is 11.8. The van der Waals surface area contributed by atoms with Gasteiger partial charge in [-0.05, 0) is 31.0 Å². The molecule has 1 aromatic carbocycles. The predicted molar refractivity (Wildman–Crippen MR) is 99.0 cm³/mol. The number of rotatable bonds is 8. The van der Waals surface area contributed by atoms with E-state index in [1.165, 1.54) is 17.8 Å². The third-order valence-electron chi connectivity index (χ3n) is 3.56. The summed E-state index contributed by atoms with van der Waals surface area (Å²) in [5, 5.41) is 3.00. The molecular weight excluding hydrogens is 338 g/mol. The fraction of sp³-hybridized carbons (Fsp3) is 0.389. The minimum absolute atomic E-state index is 0.107. The first kappa shape index (κ1) is 19.1. The molecule has 1 heterocycles. The molecule has 1 amide bonds. The van der Waals surface area contributed by atoms with Crippen molar-refractivity contribution in [1.82, 2.24) is 15.3 Å². The summed E-state index contributed by atoms with van der Waals surface area (Å²) in [7, 11) is 1.61. The lowest BCUT2D eigenvalue weighted by molar-refractivity contribution is -0.120. The van der Waals surface area contributed by atoms with Gasteiger partial charge in [-0.3, -0.25) is 9.59 Å². The van der Waals surface area contributed by atoms with Gasteiger partial charge < -0.3 is 15.0 Å². The molecule has 0 bridgehead atoms. The molecule has 1 atom stereocenters. The Hall–Kier alpha value is -2.28. The number of nitrogens with one attached hydrogen (secondary N) is 2. The van der Waals surface area contributed by atoms with Crippen LogP contribution < -0.4 is 15.6 Å². The summed E-state index contributed by atoms with van der Waals surface area (Å²) in [6, 6.07) is 9.03. The summed E-state index contributed by atoms with van der Waals surface area (Å²) in [5.41, 5.74) is 1.55. The molecule has 1 aromatic heterocycles. The smallest absolute Gasteiger partial charge is 0.251 e. The van der Waals surface area contributed by atoms with Crippen LogP contribution in [0.3, 0.4) is 0 Å². The number of hydrogen-bond acceptors (Lipinski definition) is 5. The fourth-order valence-corrected chi connectivity index (χ4v) is 3.08. The zero-order valence-corrected chi connectivity index (χ0v) is 15.5. The Morgan fingerprint density at radius 1 is 1.36 bits per heavy atom. The Bertz CT molecular complexity index is 759. The Morgan fingerprint density at radius 3 is 2.72 bits per heavy atom. The van der Waals surface area contributed by atoms with Gasteiger partial charge in [0.15, 0.2) is 5.16 Å². The summed E-state index contributed by atoms with van der Waals surface area (Å²) >= 11 is 1.25. The standard InChI is InChI=1S/C18H23N3O3S/c1-4-5-14-10-16(22)21-18(20-14)25-12(2)17(23)19-11-13-6-8-15(24-3)9-7-13/h6-10,12H,4-5,11H2,1-3H3,(H,19,23)(H,20,21,22)/t12-/m0/s1. The number of aromatic nitrogens is 2. The molecule has 0 aliphatic rings. The number of carbonyl (C=O) groups is 1. The Balaban J connectivity index is 1.92. The van der Waals surface area contributed by atoms with Gasteiger partial charge in [0.05, 0.1) is 12.4 Å². The molecule has 134 valence electrons. The number of amides is 1. The van der Waals surface area contributed by atoms with Gasteiger partial charge >= 0.3 is 0 Å². The molecular formula is C18H23N3O3S. The van der Waals surface area contributed by atoms with Crippen LogP contribution in [-0.2, 0) is 17.8 Å². The third-order valence-corrected chi connectivity index (χ3v) is 4.55. The molecule has 2 rings (SSSR count). The quantitative estimate of drug-likeness (QED) is 0.557. The van der Waals surface area contributed by atoms with E-state index in [9.17, 15) is 9.59 Å². The van der Waals surface area contributed by atoms with E-state index in [0.717, 1.165) is 29.8 Å². The van der Waals surface area contributed by atoms with Gasteiger partial charge in [-0.1, -0.05) is 37.2 Å². The molecule has 0 fully saturated rings. The fourth-order valence-electron chi connectivity index (χ4n) is 2.22. The van der Waals surface area contributed by atoms with Crippen LogP contribution in [0.25, 0.3) is 0 Å². The van der Waals surface area contributed by atoms with E-state index in [1.807, 2.05) is 31.2 Å². The number of aryl methyl sites for hydroxylation is 1. The molecule has 2 N–H and O–H groups in total. The molecule has 0 radical (unpaired) electrons. The monoisotopic (exact) mass is 361 g/mol. The van der Waals surface area contributed by atoms with Crippen molar-refractivity contribution in [2.24, 2.45) is 0 Å². The highest BCUT2D eigenvalue weighted by Crippen LogP contribution is 2.19. The highest BCUT2D eigenvalue weighted by atomic mass is 32.2. The van der Waals surface area contributed by atoms with Crippen LogP contribution in [0.4, 0.5) is 0 Å². The van der Waals surface area contributed by atoms with E-state index in [0.29, 0.717) is 11.7 Å². The largest absolute Gasteiger partial charge is 0.497 e. The summed E-state index contributed by atoms with van der Waals surface area (Å²) in [5.74, 6) is 0.672. The highest BCUT2D eigenvalue weighted by molar-refractivity contribution is 8.00. The molecule has 0 unspecified atom stereocenters. The second-order valence-corrected chi connectivity index (χ2v) is 6.95. The summed E-state index contributed by atoms with van der Waals surface area (Å²) in [4.78, 5) is 31.0. The second-order valence-electron chi connectivity index (χ2n) is 5.62. The molecule has 0 aliphatic heterocycles. The van der Waals surface area contributed by atoms with Crippen LogP contribution >= 0.6 is 11.8 Å². The average Bonchev–Trinajstić information content (AvgIpc) is 2.59. The Labute approximate surface area is 151 Å². The van der Waals surface area contributed by atoms with Gasteiger partial charge in [0.1, 0.15) is 5.75 Å². The van der Waals surface area contributed by atoms with E-state index in [1.54, 1.807) is 14.0 Å². The number of H-pyrrole nitrogens is 1. The Kier molecular flexibility index (Phi) is 7.06. The van der Waals surface area contributed by atoms with Gasteiger partial charge in [0.25, 0.3) is 5.56 Å². The van der Waals surface area contributed by atoms with Crippen molar-refractivity contribution in [3.05, 3.63) is 51.9 Å². The number of benzene rings is 1. The zero-order valence-electron chi connectivity index (χ0n) is 14.7. The number of aromatic amines is 1. The van der Waals surface area contributed by atoms with Crippen LogP contribution in [0.15, 0.2) is 40.3 Å². The van der Waals surface area contributed by atoms with Crippen molar-refractivity contribution in [2.45, 2.75) is 43.6 Å². The topological polar surface area (TPSA) is 84.1 Å². The maximum atomic E-state index is 12.3. The van der Waals surface area contributed by atoms with Crippen LogP contribution in [0.2, 0.25) is 0 Å². The minimum atomic E-state index is -0.363. The lowest BCUT2D eigenvalue weighted by atomic mass is 10.2. The third kappa shape index (κ3) is 5.94. The number of hydrogen-bond donors (Lipinski definition) is 2. The van der Waals surface area contributed by atoms with Gasteiger partial charge in [0, 0.05) is 18.3 Å². The minimum Gasteiger partial charge on any atom is -0.497 e. The molecule has 0 spiro atoms. The van der Waals surface area contributed by atoms with E-state index in [2.05, 4.69) is 15.3 Å². The lowest BCUT2D eigenvalue weighted by Gasteiger charge is -2.12. The number of thioether (sulfide) groups is 1. The summed E-state index contributed by atoms with van der Waals surface area (Å²) in [6.45, 7) is 4.26. The SMILES string of the molecule is CCCc1cc(=O)[nH]c(S[C@@H](C)C(=O)NCc2ccc(OC)cc2)n1. The van der Waals surface area contributed by atoms with Gasteiger partial charge in [-0.25, -0.2) is 4.98 Å². The van der Waals surface area contributed by atoms with Gasteiger partial charge in [-0.2, -0.15) is 0 Å². The van der Waals surface area contributed by atoms with Gasteiger partial charge in [0.2, 0.25) is 5.91 Å². The van der Waals surface area contributed by atoms with Crippen molar-refractivity contribution < 1.29 is 9.53 Å². The van der Waals surface area contributed by atoms with Crippen LogP contribution in [-0.4, -0.2) is 28.2 Å². The molecule has 0 aliphatic carbocycles. The van der Waals surface area contributed by atoms with E-state index in [4.69, 9.17) is 4.74 Å². The number of carbonyl (C=O) groups excluding carboxylic acids is 1.